The number of benzene rings is 2. The SMILES string of the molecule is Cc1ccc(-c2cc(C(=O)NCc3ccc(S(N)(=O)=O)s3)c3ccccc3n2)cc1. The fraction of sp³-hybridized carbons (Fsp3) is 0.0909. The first-order chi connectivity index (χ1) is 14.3. The van der Waals surface area contributed by atoms with Crippen molar-refractivity contribution in [3.63, 3.8) is 0 Å². The predicted octanol–water partition coefficient (Wildman–Crippen LogP) is 3.85. The summed E-state index contributed by atoms with van der Waals surface area (Å²) in [6.45, 7) is 2.22. The number of hydrogen-bond acceptors (Lipinski definition) is 5. The van der Waals surface area contributed by atoms with Crippen LogP contribution in [0.5, 0.6) is 0 Å². The Morgan fingerprint density at radius 2 is 1.80 bits per heavy atom. The van der Waals surface area contributed by atoms with E-state index in [4.69, 9.17) is 10.1 Å². The Morgan fingerprint density at radius 3 is 2.50 bits per heavy atom. The number of pyridine rings is 1. The molecule has 0 aliphatic rings. The standard InChI is InChI=1S/C22H19N3O3S2/c1-14-6-8-15(9-7-14)20-12-18(17-4-2-3-5-19(17)25-20)22(26)24-13-16-10-11-21(29-16)30(23,27)28/h2-12H,13H2,1H3,(H,24,26)(H2,23,27,28). The van der Waals surface area contributed by atoms with Crippen LogP contribution in [0.3, 0.4) is 0 Å². The average molecular weight is 438 g/mol. The van der Waals surface area contributed by atoms with Gasteiger partial charge in [-0.15, -0.1) is 11.3 Å². The van der Waals surface area contributed by atoms with Gasteiger partial charge in [0.25, 0.3) is 5.91 Å². The zero-order chi connectivity index (χ0) is 21.3. The third kappa shape index (κ3) is 4.25. The molecule has 0 aliphatic carbocycles. The van der Waals surface area contributed by atoms with E-state index in [9.17, 15) is 13.2 Å². The molecule has 0 bridgehead atoms. The van der Waals surface area contributed by atoms with Crippen LogP contribution in [-0.4, -0.2) is 19.3 Å². The number of aromatic nitrogens is 1. The molecule has 0 atom stereocenters. The second-order valence-corrected chi connectivity index (χ2v) is 9.84. The summed E-state index contributed by atoms with van der Waals surface area (Å²) in [5, 5.41) is 8.77. The number of carbonyl (C=O) groups is 1. The minimum atomic E-state index is -3.74. The summed E-state index contributed by atoms with van der Waals surface area (Å²) < 4.78 is 23.0. The average Bonchev–Trinajstić information content (AvgIpc) is 3.21. The number of nitrogens with zero attached hydrogens (tertiary/aromatic N) is 1. The monoisotopic (exact) mass is 437 g/mol. The minimum Gasteiger partial charge on any atom is -0.347 e. The smallest absolute Gasteiger partial charge is 0.252 e. The van der Waals surface area contributed by atoms with Crippen molar-refractivity contribution in [2.24, 2.45) is 5.14 Å². The molecule has 0 unspecified atom stereocenters. The van der Waals surface area contributed by atoms with Crippen LogP contribution < -0.4 is 10.5 Å². The maximum atomic E-state index is 13.0. The number of carbonyl (C=O) groups excluding carboxylic acids is 1. The van der Waals surface area contributed by atoms with Crippen molar-refractivity contribution >= 4 is 38.2 Å². The van der Waals surface area contributed by atoms with E-state index in [-0.39, 0.29) is 16.7 Å². The van der Waals surface area contributed by atoms with Crippen LogP contribution in [0.2, 0.25) is 0 Å². The van der Waals surface area contributed by atoms with Gasteiger partial charge in [0.1, 0.15) is 4.21 Å². The van der Waals surface area contributed by atoms with E-state index in [1.54, 1.807) is 12.1 Å². The Bertz CT molecular complexity index is 1340. The largest absolute Gasteiger partial charge is 0.347 e. The van der Waals surface area contributed by atoms with Gasteiger partial charge in [-0.05, 0) is 31.2 Å². The molecule has 1 amide bonds. The molecule has 3 N–H and O–H groups in total. The van der Waals surface area contributed by atoms with Gasteiger partial charge in [0.15, 0.2) is 0 Å². The molecule has 8 heteroatoms. The number of nitrogens with two attached hydrogens (primary N) is 1. The maximum Gasteiger partial charge on any atom is 0.252 e. The number of aryl methyl sites for hydroxylation is 1. The number of fused-ring (bicyclic) bond motifs is 1. The molecule has 2 heterocycles. The number of hydrogen-bond donors (Lipinski definition) is 2. The third-order valence-electron chi connectivity index (χ3n) is 4.65. The summed E-state index contributed by atoms with van der Waals surface area (Å²) in [6, 6.07) is 20.3. The summed E-state index contributed by atoms with van der Waals surface area (Å²) in [4.78, 5) is 18.4. The number of para-hydroxylation sites is 1. The van der Waals surface area contributed by atoms with Crippen LogP contribution in [0.25, 0.3) is 22.2 Å². The van der Waals surface area contributed by atoms with E-state index in [1.165, 1.54) is 6.07 Å². The summed E-state index contributed by atoms with van der Waals surface area (Å²) in [5.41, 5.74) is 4.03. The Morgan fingerprint density at radius 1 is 1.07 bits per heavy atom. The molecule has 4 rings (SSSR count). The van der Waals surface area contributed by atoms with Gasteiger partial charge in [0.05, 0.1) is 23.3 Å². The Hall–Kier alpha value is -3.07. The van der Waals surface area contributed by atoms with Crippen LogP contribution in [0.4, 0.5) is 0 Å². The van der Waals surface area contributed by atoms with Crippen molar-refractivity contribution in [3.8, 4) is 11.3 Å². The highest BCUT2D eigenvalue weighted by molar-refractivity contribution is 7.91. The second-order valence-electron chi connectivity index (χ2n) is 6.89. The molecule has 30 heavy (non-hydrogen) atoms. The summed E-state index contributed by atoms with van der Waals surface area (Å²) in [7, 11) is -3.74. The van der Waals surface area contributed by atoms with E-state index in [0.29, 0.717) is 16.1 Å². The van der Waals surface area contributed by atoms with Crippen molar-refractivity contribution in [2.75, 3.05) is 0 Å². The predicted molar refractivity (Wildman–Crippen MR) is 119 cm³/mol. The zero-order valence-electron chi connectivity index (χ0n) is 16.1. The first kappa shape index (κ1) is 20.2. The Labute approximate surface area is 178 Å². The first-order valence-corrected chi connectivity index (χ1v) is 11.5. The van der Waals surface area contributed by atoms with Gasteiger partial charge in [-0.3, -0.25) is 4.79 Å². The van der Waals surface area contributed by atoms with E-state index in [0.717, 1.165) is 33.4 Å². The van der Waals surface area contributed by atoms with Gasteiger partial charge in [0.2, 0.25) is 10.0 Å². The zero-order valence-corrected chi connectivity index (χ0v) is 17.8. The van der Waals surface area contributed by atoms with Crippen molar-refractivity contribution in [1.82, 2.24) is 10.3 Å². The lowest BCUT2D eigenvalue weighted by molar-refractivity contribution is 0.0953. The lowest BCUT2D eigenvalue weighted by atomic mass is 10.0. The first-order valence-electron chi connectivity index (χ1n) is 9.18. The summed E-state index contributed by atoms with van der Waals surface area (Å²) in [6.07, 6.45) is 0. The highest BCUT2D eigenvalue weighted by Gasteiger charge is 2.15. The molecule has 0 aliphatic heterocycles. The van der Waals surface area contributed by atoms with Gasteiger partial charge >= 0.3 is 0 Å². The highest BCUT2D eigenvalue weighted by atomic mass is 32.2. The number of nitrogens with one attached hydrogen (secondary N) is 1. The molecule has 0 saturated heterocycles. The van der Waals surface area contributed by atoms with E-state index < -0.39 is 10.0 Å². The minimum absolute atomic E-state index is 0.0720. The number of primary sulfonamides is 1. The number of sulfonamides is 1. The van der Waals surface area contributed by atoms with Crippen molar-refractivity contribution in [1.29, 1.82) is 0 Å². The van der Waals surface area contributed by atoms with Crippen molar-refractivity contribution in [2.45, 2.75) is 17.7 Å². The number of rotatable bonds is 5. The summed E-state index contributed by atoms with van der Waals surface area (Å²) in [5.74, 6) is -0.257. The van der Waals surface area contributed by atoms with Gasteiger partial charge in [0, 0.05) is 15.8 Å². The molecule has 4 aromatic rings. The Kier molecular flexibility index (Phi) is 5.38. The van der Waals surface area contributed by atoms with E-state index in [2.05, 4.69) is 5.32 Å². The highest BCUT2D eigenvalue weighted by Crippen LogP contribution is 2.26. The molecule has 6 nitrogen and oxygen atoms in total. The second kappa shape index (κ2) is 7.98. The van der Waals surface area contributed by atoms with Crippen LogP contribution >= 0.6 is 11.3 Å². The van der Waals surface area contributed by atoms with Crippen LogP contribution in [0.1, 0.15) is 20.8 Å². The number of thiophene rings is 1. The quantitative estimate of drug-likeness (QED) is 0.495. The van der Waals surface area contributed by atoms with Crippen LogP contribution in [0.15, 0.2) is 70.9 Å². The Balaban J connectivity index is 1.66. The number of amides is 1. The lowest BCUT2D eigenvalue weighted by Crippen LogP contribution is -2.22. The van der Waals surface area contributed by atoms with E-state index in [1.807, 2.05) is 55.5 Å². The van der Waals surface area contributed by atoms with Gasteiger partial charge in [-0.1, -0.05) is 48.0 Å². The third-order valence-corrected chi connectivity index (χ3v) is 7.17. The van der Waals surface area contributed by atoms with Gasteiger partial charge in [-0.25, -0.2) is 18.5 Å². The molecule has 2 aromatic carbocycles. The molecule has 0 fully saturated rings. The van der Waals surface area contributed by atoms with Gasteiger partial charge in [-0.2, -0.15) is 0 Å². The molecule has 0 radical (unpaired) electrons. The van der Waals surface area contributed by atoms with Crippen LogP contribution in [0, 0.1) is 6.92 Å². The van der Waals surface area contributed by atoms with Crippen molar-refractivity contribution in [3.05, 3.63) is 82.7 Å². The lowest BCUT2D eigenvalue weighted by Gasteiger charge is -2.10. The topological polar surface area (TPSA) is 102 Å². The molecule has 0 spiro atoms. The molecule has 152 valence electrons. The fourth-order valence-electron chi connectivity index (χ4n) is 3.10. The normalized spacial score (nSPS) is 11.5. The molecular formula is C22H19N3O3S2. The van der Waals surface area contributed by atoms with Crippen LogP contribution in [-0.2, 0) is 16.6 Å². The maximum absolute atomic E-state index is 13.0. The summed E-state index contributed by atoms with van der Waals surface area (Å²) >= 11 is 1.04. The van der Waals surface area contributed by atoms with Gasteiger partial charge < -0.3 is 5.32 Å². The molecule has 0 saturated carbocycles. The fourth-order valence-corrected chi connectivity index (χ4v) is 4.82. The van der Waals surface area contributed by atoms with Crippen molar-refractivity contribution < 1.29 is 13.2 Å². The molecular weight excluding hydrogens is 418 g/mol. The molecule has 2 aromatic heterocycles. The van der Waals surface area contributed by atoms with E-state index >= 15 is 0 Å².